The van der Waals surface area contributed by atoms with Crippen molar-refractivity contribution in [1.82, 2.24) is 15.3 Å². The zero-order valence-electron chi connectivity index (χ0n) is 10.8. The highest BCUT2D eigenvalue weighted by Gasteiger charge is 2.15. The van der Waals surface area contributed by atoms with E-state index in [1.54, 1.807) is 6.33 Å². The van der Waals surface area contributed by atoms with E-state index in [4.69, 9.17) is 0 Å². The Kier molecular flexibility index (Phi) is 4.31. The van der Waals surface area contributed by atoms with Gasteiger partial charge in [-0.25, -0.2) is 9.97 Å². The number of piperidine rings is 1. The maximum absolute atomic E-state index is 4.46. The van der Waals surface area contributed by atoms with Gasteiger partial charge in [0.2, 0.25) is 0 Å². The lowest BCUT2D eigenvalue weighted by Crippen LogP contribution is -2.32. The molecule has 0 aromatic carbocycles. The summed E-state index contributed by atoms with van der Waals surface area (Å²) in [5.41, 5.74) is 1.21. The number of hydrogen-bond donors (Lipinski definition) is 1. The third kappa shape index (κ3) is 3.40. The Balaban J connectivity index is 2.09. The van der Waals surface area contributed by atoms with E-state index in [9.17, 15) is 0 Å². The van der Waals surface area contributed by atoms with Crippen molar-refractivity contribution < 1.29 is 0 Å². The van der Waals surface area contributed by atoms with Crippen LogP contribution in [0.5, 0.6) is 0 Å². The van der Waals surface area contributed by atoms with Crippen LogP contribution in [0.15, 0.2) is 12.5 Å². The third-order valence-electron chi connectivity index (χ3n) is 3.12. The summed E-state index contributed by atoms with van der Waals surface area (Å²) < 4.78 is 0. The maximum atomic E-state index is 4.46. The molecule has 1 aliphatic heterocycles. The Morgan fingerprint density at radius 1 is 1.29 bits per heavy atom. The topological polar surface area (TPSA) is 41.1 Å². The summed E-state index contributed by atoms with van der Waals surface area (Å²) in [6.45, 7) is 7.43. The van der Waals surface area contributed by atoms with Crippen molar-refractivity contribution in [2.45, 2.75) is 45.7 Å². The molecular formula is C13H22N4. The molecule has 4 nitrogen and oxygen atoms in total. The highest BCUT2D eigenvalue weighted by atomic mass is 15.2. The van der Waals surface area contributed by atoms with Gasteiger partial charge in [-0.05, 0) is 19.3 Å². The van der Waals surface area contributed by atoms with Crippen molar-refractivity contribution in [3.8, 4) is 0 Å². The Morgan fingerprint density at radius 3 is 2.76 bits per heavy atom. The van der Waals surface area contributed by atoms with Crippen LogP contribution in [-0.4, -0.2) is 29.1 Å². The summed E-state index contributed by atoms with van der Waals surface area (Å²) in [4.78, 5) is 11.0. The van der Waals surface area contributed by atoms with E-state index >= 15 is 0 Å². The minimum atomic E-state index is 0.490. The summed E-state index contributed by atoms with van der Waals surface area (Å²) >= 11 is 0. The zero-order chi connectivity index (χ0) is 12.1. The molecule has 0 atom stereocenters. The second-order valence-electron chi connectivity index (χ2n) is 4.95. The van der Waals surface area contributed by atoms with E-state index in [1.807, 2.05) is 6.20 Å². The highest BCUT2D eigenvalue weighted by Crippen LogP contribution is 2.20. The van der Waals surface area contributed by atoms with Gasteiger partial charge in [-0.15, -0.1) is 0 Å². The first-order valence-electron chi connectivity index (χ1n) is 6.54. The van der Waals surface area contributed by atoms with Crippen LogP contribution < -0.4 is 10.2 Å². The van der Waals surface area contributed by atoms with E-state index < -0.39 is 0 Å². The standard InChI is InChI=1S/C13H22N4/c1-11(2)15-9-12-8-14-10-16-13(12)17-6-4-3-5-7-17/h8,10-11,15H,3-7,9H2,1-2H3. The zero-order valence-corrected chi connectivity index (χ0v) is 10.8. The fraction of sp³-hybridized carbons (Fsp3) is 0.692. The molecule has 1 saturated heterocycles. The number of nitrogens with one attached hydrogen (secondary N) is 1. The van der Waals surface area contributed by atoms with Gasteiger partial charge in [0.25, 0.3) is 0 Å². The van der Waals surface area contributed by atoms with Gasteiger partial charge in [0.1, 0.15) is 12.1 Å². The van der Waals surface area contributed by atoms with Gasteiger partial charge in [0, 0.05) is 37.4 Å². The molecule has 4 heteroatoms. The smallest absolute Gasteiger partial charge is 0.136 e. The van der Waals surface area contributed by atoms with Crippen molar-refractivity contribution >= 4 is 5.82 Å². The van der Waals surface area contributed by atoms with Crippen molar-refractivity contribution in [2.24, 2.45) is 0 Å². The van der Waals surface area contributed by atoms with Gasteiger partial charge in [-0.3, -0.25) is 0 Å². The lowest BCUT2D eigenvalue weighted by Gasteiger charge is -2.29. The van der Waals surface area contributed by atoms with E-state index in [1.165, 1.54) is 24.8 Å². The van der Waals surface area contributed by atoms with Crippen LogP contribution in [-0.2, 0) is 6.54 Å². The molecule has 0 bridgehead atoms. The van der Waals surface area contributed by atoms with Crippen LogP contribution in [0.3, 0.4) is 0 Å². The average Bonchev–Trinajstić information content (AvgIpc) is 2.38. The van der Waals surface area contributed by atoms with Crippen LogP contribution in [0.4, 0.5) is 5.82 Å². The number of aromatic nitrogens is 2. The fourth-order valence-electron chi connectivity index (χ4n) is 2.18. The predicted molar refractivity (Wildman–Crippen MR) is 70.1 cm³/mol. The number of nitrogens with zero attached hydrogens (tertiary/aromatic N) is 3. The molecule has 0 radical (unpaired) electrons. The molecule has 2 heterocycles. The second kappa shape index (κ2) is 5.96. The Labute approximate surface area is 103 Å². The summed E-state index contributed by atoms with van der Waals surface area (Å²) in [5, 5.41) is 3.43. The van der Waals surface area contributed by atoms with Crippen molar-refractivity contribution in [3.05, 3.63) is 18.1 Å². The number of hydrogen-bond acceptors (Lipinski definition) is 4. The van der Waals surface area contributed by atoms with Gasteiger partial charge < -0.3 is 10.2 Å². The van der Waals surface area contributed by atoms with Crippen LogP contribution in [0, 0.1) is 0 Å². The molecule has 0 unspecified atom stereocenters. The lowest BCUT2D eigenvalue weighted by molar-refractivity contribution is 0.560. The SMILES string of the molecule is CC(C)NCc1cncnc1N1CCCCC1. The molecule has 94 valence electrons. The van der Waals surface area contributed by atoms with Gasteiger partial charge >= 0.3 is 0 Å². The van der Waals surface area contributed by atoms with E-state index in [0.29, 0.717) is 6.04 Å². The van der Waals surface area contributed by atoms with Gasteiger partial charge in [0.15, 0.2) is 0 Å². The van der Waals surface area contributed by atoms with Crippen molar-refractivity contribution in [1.29, 1.82) is 0 Å². The van der Waals surface area contributed by atoms with E-state index in [0.717, 1.165) is 25.5 Å². The molecule has 0 saturated carbocycles. The molecule has 1 N–H and O–H groups in total. The summed E-state index contributed by atoms with van der Waals surface area (Å²) in [5.74, 6) is 1.12. The molecule has 17 heavy (non-hydrogen) atoms. The molecule has 2 rings (SSSR count). The second-order valence-corrected chi connectivity index (χ2v) is 4.95. The van der Waals surface area contributed by atoms with Crippen LogP contribution in [0.2, 0.25) is 0 Å². The maximum Gasteiger partial charge on any atom is 0.136 e. The van der Waals surface area contributed by atoms with Crippen LogP contribution in [0.25, 0.3) is 0 Å². The first-order valence-corrected chi connectivity index (χ1v) is 6.54. The fourth-order valence-corrected chi connectivity index (χ4v) is 2.18. The molecule has 0 spiro atoms. The average molecular weight is 234 g/mol. The number of rotatable bonds is 4. The van der Waals surface area contributed by atoms with Gasteiger partial charge in [-0.2, -0.15) is 0 Å². The predicted octanol–water partition coefficient (Wildman–Crippen LogP) is 1.96. The normalized spacial score (nSPS) is 16.5. The molecule has 1 aromatic rings. The lowest BCUT2D eigenvalue weighted by atomic mass is 10.1. The van der Waals surface area contributed by atoms with E-state index in [2.05, 4.69) is 34.0 Å². The molecule has 1 aromatic heterocycles. The van der Waals surface area contributed by atoms with Crippen LogP contribution >= 0.6 is 0 Å². The Bertz CT molecular complexity index is 345. The Hall–Kier alpha value is -1.16. The minimum absolute atomic E-state index is 0.490. The number of anilines is 1. The largest absolute Gasteiger partial charge is 0.356 e. The summed E-state index contributed by atoms with van der Waals surface area (Å²) in [6.07, 6.45) is 7.50. The molecule has 1 aliphatic rings. The quantitative estimate of drug-likeness (QED) is 0.864. The highest BCUT2D eigenvalue weighted by molar-refractivity contribution is 5.45. The monoisotopic (exact) mass is 234 g/mol. The first kappa shape index (κ1) is 12.3. The summed E-state index contributed by atoms with van der Waals surface area (Å²) in [7, 11) is 0. The van der Waals surface area contributed by atoms with Crippen LogP contribution in [0.1, 0.15) is 38.7 Å². The van der Waals surface area contributed by atoms with Gasteiger partial charge in [-0.1, -0.05) is 13.8 Å². The minimum Gasteiger partial charge on any atom is -0.356 e. The van der Waals surface area contributed by atoms with Crippen molar-refractivity contribution in [3.63, 3.8) is 0 Å². The molecule has 0 amide bonds. The van der Waals surface area contributed by atoms with Crippen molar-refractivity contribution in [2.75, 3.05) is 18.0 Å². The molecule has 0 aliphatic carbocycles. The first-order chi connectivity index (χ1) is 8.27. The Morgan fingerprint density at radius 2 is 2.06 bits per heavy atom. The molecule has 1 fully saturated rings. The third-order valence-corrected chi connectivity index (χ3v) is 3.12. The van der Waals surface area contributed by atoms with E-state index in [-0.39, 0.29) is 0 Å². The van der Waals surface area contributed by atoms with Gasteiger partial charge in [0.05, 0.1) is 0 Å². The molecular weight excluding hydrogens is 212 g/mol. The summed E-state index contributed by atoms with van der Waals surface area (Å²) in [6, 6.07) is 0.490.